The van der Waals surface area contributed by atoms with Crippen molar-refractivity contribution in [3.05, 3.63) is 71.3 Å². The lowest BCUT2D eigenvalue weighted by Crippen LogP contribution is -2.45. The van der Waals surface area contributed by atoms with Crippen molar-refractivity contribution in [3.63, 3.8) is 0 Å². The highest BCUT2D eigenvalue weighted by molar-refractivity contribution is 8.14. The molecular weight excluding hydrogens is 464 g/mol. The molecule has 8 nitrogen and oxygen atoms in total. The van der Waals surface area contributed by atoms with Crippen molar-refractivity contribution in [2.75, 3.05) is 7.05 Å². The van der Waals surface area contributed by atoms with Gasteiger partial charge in [-0.2, -0.15) is 5.01 Å². The Morgan fingerprint density at radius 2 is 1.54 bits per heavy atom. The molecule has 188 valence electrons. The number of aryl methyl sites for hydroxylation is 2. The van der Waals surface area contributed by atoms with Gasteiger partial charge in [-0.05, 0) is 42.4 Å². The van der Waals surface area contributed by atoms with E-state index in [1.807, 2.05) is 30.3 Å². The van der Waals surface area contributed by atoms with Crippen LogP contribution in [0.5, 0.6) is 0 Å². The van der Waals surface area contributed by atoms with Crippen molar-refractivity contribution in [3.8, 4) is 0 Å². The van der Waals surface area contributed by atoms with Gasteiger partial charge in [0.05, 0.1) is 6.42 Å². The van der Waals surface area contributed by atoms with Crippen LogP contribution in [-0.4, -0.2) is 44.6 Å². The molecule has 1 aliphatic rings. The van der Waals surface area contributed by atoms with Crippen LogP contribution >= 0.6 is 11.8 Å². The van der Waals surface area contributed by atoms with Crippen molar-refractivity contribution >= 4 is 29.0 Å². The van der Waals surface area contributed by atoms with Gasteiger partial charge >= 0.3 is 12.1 Å². The molecule has 0 radical (unpaired) electrons. The van der Waals surface area contributed by atoms with E-state index in [1.165, 1.54) is 43.4 Å². The Balaban J connectivity index is 1.51. The molecule has 1 heterocycles. The van der Waals surface area contributed by atoms with E-state index in [9.17, 15) is 19.8 Å². The Morgan fingerprint density at radius 3 is 2.23 bits per heavy atom. The van der Waals surface area contributed by atoms with Crippen LogP contribution in [0, 0.1) is 0 Å². The number of nitrogens with zero attached hydrogens (tertiary/aromatic N) is 3. The molecule has 0 aromatic heterocycles. The Bertz CT molecular complexity index is 1000. The maximum atomic E-state index is 11.6. The third-order valence-corrected chi connectivity index (χ3v) is 7.15. The molecule has 1 aliphatic heterocycles. The second-order valence-corrected chi connectivity index (χ2v) is 9.79. The molecule has 3 rings (SSSR count). The minimum absolute atomic E-state index is 0.126. The van der Waals surface area contributed by atoms with Gasteiger partial charge < -0.3 is 10.2 Å². The van der Waals surface area contributed by atoms with E-state index in [-0.39, 0.29) is 11.6 Å². The van der Waals surface area contributed by atoms with E-state index >= 15 is 0 Å². The average molecular weight is 499 g/mol. The second kappa shape index (κ2) is 13.7. The highest BCUT2D eigenvalue weighted by Gasteiger charge is 2.33. The highest BCUT2D eigenvalue weighted by atomic mass is 32.2. The summed E-state index contributed by atoms with van der Waals surface area (Å²) in [5.41, 5.74) is 6.02. The second-order valence-electron chi connectivity index (χ2n) is 8.62. The topological polar surface area (TPSA) is 105 Å². The van der Waals surface area contributed by atoms with Crippen LogP contribution in [0.1, 0.15) is 66.9 Å². The highest BCUT2D eigenvalue weighted by Crippen LogP contribution is 2.37. The fourth-order valence-electron chi connectivity index (χ4n) is 4.20. The van der Waals surface area contributed by atoms with Crippen LogP contribution < -0.4 is 5.53 Å². The number of carbonyl (C=O) groups is 2. The number of hydrazine groups is 2. The average Bonchev–Trinajstić information content (AvgIpc) is 3.21. The number of amides is 1. The molecule has 0 aliphatic carbocycles. The summed E-state index contributed by atoms with van der Waals surface area (Å²) in [6, 6.07) is 18.4. The normalized spacial score (nSPS) is 14.4. The molecule has 0 fully saturated rings. The van der Waals surface area contributed by atoms with Crippen molar-refractivity contribution in [1.82, 2.24) is 15.7 Å². The monoisotopic (exact) mass is 498 g/mol. The van der Waals surface area contributed by atoms with Gasteiger partial charge in [0, 0.05) is 12.3 Å². The minimum Gasteiger partial charge on any atom is -0.481 e. The van der Waals surface area contributed by atoms with Crippen LogP contribution in [0.4, 0.5) is 4.79 Å². The summed E-state index contributed by atoms with van der Waals surface area (Å²) in [4.78, 5) is 23.2. The number of thioether (sulfide) groups is 1. The summed E-state index contributed by atoms with van der Waals surface area (Å²) in [7, 11) is 1.53. The van der Waals surface area contributed by atoms with Gasteiger partial charge in [-0.15, -0.1) is 10.2 Å². The number of carboxylic acids is 1. The van der Waals surface area contributed by atoms with Gasteiger partial charge in [-0.3, -0.25) is 4.79 Å². The van der Waals surface area contributed by atoms with Crippen molar-refractivity contribution in [2.24, 2.45) is 5.10 Å². The van der Waals surface area contributed by atoms with Gasteiger partial charge in [-0.1, -0.05) is 92.0 Å². The maximum Gasteiger partial charge on any atom is 0.430 e. The van der Waals surface area contributed by atoms with Crippen LogP contribution in [-0.2, 0) is 17.6 Å². The number of amidine groups is 1. The molecule has 0 saturated heterocycles. The molecule has 1 atom stereocenters. The lowest BCUT2D eigenvalue weighted by Gasteiger charge is -2.23. The Morgan fingerprint density at radius 1 is 0.914 bits per heavy atom. The standard InChI is InChI=1S/C26H34N4O4S/c1-29-28-27-25(30(29)26(33)34)35-23(19-24(31)32)22-18-12-11-17-21(22)16-10-5-3-2-4-7-13-20-14-8-6-9-15-20/h6,8-9,11-12,14-15,17-18,23,28H,2-5,7,10,13,16,19H2,1H3,(H,31,32)(H,33,34). The molecule has 35 heavy (non-hydrogen) atoms. The van der Waals surface area contributed by atoms with Crippen LogP contribution in [0.2, 0.25) is 0 Å². The van der Waals surface area contributed by atoms with Crippen molar-refractivity contribution in [1.29, 1.82) is 0 Å². The summed E-state index contributed by atoms with van der Waals surface area (Å²) in [6.45, 7) is 0. The van der Waals surface area contributed by atoms with E-state index in [0.29, 0.717) is 0 Å². The fourth-order valence-corrected chi connectivity index (χ4v) is 5.43. The predicted molar refractivity (Wildman–Crippen MR) is 139 cm³/mol. The van der Waals surface area contributed by atoms with E-state index < -0.39 is 17.3 Å². The molecule has 0 spiro atoms. The zero-order valence-electron chi connectivity index (χ0n) is 20.1. The summed E-state index contributed by atoms with van der Waals surface area (Å²) in [5.74, 6) is -0.936. The number of hydrazone groups is 1. The third kappa shape index (κ3) is 8.29. The zero-order chi connectivity index (χ0) is 25.0. The fraction of sp³-hybridized carbons (Fsp3) is 0.423. The lowest BCUT2D eigenvalue weighted by molar-refractivity contribution is -0.137. The molecule has 3 N–H and O–H groups in total. The lowest BCUT2D eigenvalue weighted by atomic mass is 9.97. The molecule has 0 bridgehead atoms. The molecule has 1 amide bonds. The first-order valence-corrected chi connectivity index (χ1v) is 12.9. The Kier molecular flexibility index (Phi) is 10.4. The van der Waals surface area contributed by atoms with Crippen LogP contribution in [0.15, 0.2) is 59.7 Å². The van der Waals surface area contributed by atoms with E-state index in [2.05, 4.69) is 34.9 Å². The number of benzene rings is 2. The molecule has 0 saturated carbocycles. The SMILES string of the molecule is CN1NN=C(SC(CC(=O)O)c2ccccc2CCCCCCCCc2ccccc2)N1C(=O)O. The van der Waals surface area contributed by atoms with E-state index in [1.54, 1.807) is 0 Å². The smallest absolute Gasteiger partial charge is 0.430 e. The van der Waals surface area contributed by atoms with E-state index in [0.717, 1.165) is 53.6 Å². The Labute approximate surface area is 211 Å². The number of nitrogens with one attached hydrogen (secondary N) is 1. The summed E-state index contributed by atoms with van der Waals surface area (Å²) in [6.07, 6.45) is 7.70. The van der Waals surface area contributed by atoms with Gasteiger partial charge in [0.15, 0.2) is 0 Å². The molecule has 2 aromatic rings. The summed E-state index contributed by atoms with van der Waals surface area (Å²) in [5, 5.41) is 25.0. The number of rotatable bonds is 13. The molecule has 2 aromatic carbocycles. The number of carboxylic acid groups (broad SMARTS) is 2. The summed E-state index contributed by atoms with van der Waals surface area (Å²) < 4.78 is 0. The van der Waals surface area contributed by atoms with Gasteiger partial charge in [0.25, 0.3) is 0 Å². The van der Waals surface area contributed by atoms with Crippen LogP contribution in [0.25, 0.3) is 0 Å². The van der Waals surface area contributed by atoms with Crippen LogP contribution in [0.3, 0.4) is 0 Å². The molecule has 9 heteroatoms. The molecular formula is C26H34N4O4S. The maximum absolute atomic E-state index is 11.6. The largest absolute Gasteiger partial charge is 0.481 e. The Hall–Kier alpha value is -3.04. The number of hydrogen-bond donors (Lipinski definition) is 3. The number of hydrogen-bond acceptors (Lipinski definition) is 6. The van der Waals surface area contributed by atoms with Gasteiger partial charge in [0.1, 0.15) is 0 Å². The first-order valence-electron chi connectivity index (χ1n) is 12.1. The first-order chi connectivity index (χ1) is 17.0. The quantitative estimate of drug-likeness (QED) is 0.305. The van der Waals surface area contributed by atoms with Crippen molar-refractivity contribution in [2.45, 2.75) is 63.0 Å². The molecule has 1 unspecified atom stereocenters. The number of unbranched alkanes of at least 4 members (excludes halogenated alkanes) is 5. The third-order valence-electron chi connectivity index (χ3n) is 5.97. The zero-order valence-corrected chi connectivity index (χ0v) is 20.9. The predicted octanol–water partition coefficient (Wildman–Crippen LogP) is 5.68. The van der Waals surface area contributed by atoms with Crippen molar-refractivity contribution < 1.29 is 19.8 Å². The number of aliphatic carboxylic acids is 1. The van der Waals surface area contributed by atoms with E-state index in [4.69, 9.17) is 0 Å². The first kappa shape index (κ1) is 26.6. The minimum atomic E-state index is -1.19. The summed E-state index contributed by atoms with van der Waals surface area (Å²) >= 11 is 1.15. The van der Waals surface area contributed by atoms with Gasteiger partial charge in [-0.25, -0.2) is 10.3 Å². The van der Waals surface area contributed by atoms with Gasteiger partial charge in [0.2, 0.25) is 5.17 Å².